The zero-order valence-electron chi connectivity index (χ0n) is 9.89. The van der Waals surface area contributed by atoms with Gasteiger partial charge in [-0.2, -0.15) is 0 Å². The first kappa shape index (κ1) is 15.9. The van der Waals surface area contributed by atoms with Gasteiger partial charge >= 0.3 is 5.97 Å². The minimum atomic E-state index is -0.996. The number of nitrogens with two attached hydrogens (primary N) is 2. The Bertz CT molecular complexity index is 342. The molecule has 1 aromatic carbocycles. The van der Waals surface area contributed by atoms with Crippen LogP contribution in [0.4, 0.5) is 0 Å². The number of hydrogen-bond acceptors (Lipinski definition) is 4. The molecule has 5 heteroatoms. The highest BCUT2D eigenvalue weighted by molar-refractivity contribution is 5.85. The monoisotopic (exact) mass is 258 g/mol. The van der Waals surface area contributed by atoms with Crippen LogP contribution >= 0.6 is 12.4 Å². The van der Waals surface area contributed by atoms with Gasteiger partial charge in [0.25, 0.3) is 0 Å². The smallest absolute Gasteiger partial charge is 0.326 e. The van der Waals surface area contributed by atoms with Gasteiger partial charge in [-0.1, -0.05) is 30.3 Å². The third kappa shape index (κ3) is 5.17. The van der Waals surface area contributed by atoms with Gasteiger partial charge in [0.1, 0.15) is 12.1 Å². The van der Waals surface area contributed by atoms with Crippen molar-refractivity contribution in [2.45, 2.75) is 25.5 Å². The van der Waals surface area contributed by atoms with E-state index in [-0.39, 0.29) is 19.0 Å². The van der Waals surface area contributed by atoms with E-state index in [1.807, 2.05) is 30.3 Å². The highest BCUT2D eigenvalue weighted by Gasteiger charge is 2.28. The largest absolute Gasteiger partial charge is 0.459 e. The Hall–Kier alpha value is -1.10. The Morgan fingerprint density at radius 1 is 1.35 bits per heavy atom. The van der Waals surface area contributed by atoms with Crippen molar-refractivity contribution in [2.24, 2.45) is 11.5 Å². The molecule has 17 heavy (non-hydrogen) atoms. The second-order valence-electron chi connectivity index (χ2n) is 4.02. The van der Waals surface area contributed by atoms with Crippen LogP contribution in [0.5, 0.6) is 0 Å². The summed E-state index contributed by atoms with van der Waals surface area (Å²) in [4.78, 5) is 11.6. The molecule has 4 nitrogen and oxygen atoms in total. The molecule has 0 bridgehead atoms. The van der Waals surface area contributed by atoms with Crippen LogP contribution < -0.4 is 11.5 Å². The van der Waals surface area contributed by atoms with E-state index in [9.17, 15) is 4.79 Å². The summed E-state index contributed by atoms with van der Waals surface area (Å²) in [5.41, 5.74) is 11.1. The molecule has 1 aromatic rings. The van der Waals surface area contributed by atoms with Crippen LogP contribution in [0.15, 0.2) is 30.3 Å². The van der Waals surface area contributed by atoms with E-state index in [2.05, 4.69) is 0 Å². The molecule has 1 atom stereocenters. The molecule has 0 radical (unpaired) electrons. The maximum Gasteiger partial charge on any atom is 0.326 e. The van der Waals surface area contributed by atoms with Gasteiger partial charge in [-0.05, 0) is 25.5 Å². The van der Waals surface area contributed by atoms with Gasteiger partial charge < -0.3 is 16.2 Å². The van der Waals surface area contributed by atoms with Crippen LogP contribution in [0.25, 0.3) is 0 Å². The van der Waals surface area contributed by atoms with Gasteiger partial charge in [-0.25, -0.2) is 0 Å². The second-order valence-corrected chi connectivity index (χ2v) is 4.02. The third-order valence-electron chi connectivity index (χ3n) is 2.34. The molecule has 0 amide bonds. The van der Waals surface area contributed by atoms with Crippen molar-refractivity contribution in [1.82, 2.24) is 0 Å². The number of carbonyl (C=O) groups is 1. The van der Waals surface area contributed by atoms with Crippen LogP contribution in [-0.2, 0) is 16.1 Å². The summed E-state index contributed by atoms with van der Waals surface area (Å²) < 4.78 is 5.13. The Balaban J connectivity index is 0.00000256. The molecule has 0 heterocycles. The zero-order chi connectivity index (χ0) is 12.0. The van der Waals surface area contributed by atoms with Crippen molar-refractivity contribution in [3.63, 3.8) is 0 Å². The molecule has 1 rings (SSSR count). The van der Waals surface area contributed by atoms with E-state index in [4.69, 9.17) is 16.2 Å². The predicted molar refractivity (Wildman–Crippen MR) is 69.7 cm³/mol. The maximum atomic E-state index is 11.6. The standard InChI is InChI=1S/C12H18N2O2.ClH/c1-12(14,7-8-13)11(15)16-9-10-5-3-2-4-6-10;/h2-6H,7-9,13-14H2,1H3;1H. The van der Waals surface area contributed by atoms with Crippen LogP contribution in [0.1, 0.15) is 18.9 Å². The van der Waals surface area contributed by atoms with E-state index >= 15 is 0 Å². The average molecular weight is 259 g/mol. The molecule has 0 spiro atoms. The fraction of sp³-hybridized carbons (Fsp3) is 0.417. The zero-order valence-corrected chi connectivity index (χ0v) is 10.7. The molecule has 0 saturated carbocycles. The Labute approximate surface area is 108 Å². The van der Waals surface area contributed by atoms with Crippen molar-refractivity contribution in [3.8, 4) is 0 Å². The number of rotatable bonds is 5. The van der Waals surface area contributed by atoms with E-state index in [1.165, 1.54) is 0 Å². The summed E-state index contributed by atoms with van der Waals surface area (Å²) in [5.74, 6) is -0.415. The second kappa shape index (κ2) is 7.27. The highest BCUT2D eigenvalue weighted by atomic mass is 35.5. The Morgan fingerprint density at radius 2 is 1.94 bits per heavy atom. The van der Waals surface area contributed by atoms with Gasteiger partial charge in [0.05, 0.1) is 0 Å². The first-order valence-corrected chi connectivity index (χ1v) is 5.26. The lowest BCUT2D eigenvalue weighted by Crippen LogP contribution is -2.47. The quantitative estimate of drug-likeness (QED) is 0.779. The Kier molecular flexibility index (Phi) is 6.80. The van der Waals surface area contributed by atoms with Crippen LogP contribution in [-0.4, -0.2) is 18.1 Å². The first-order chi connectivity index (χ1) is 7.56. The summed E-state index contributed by atoms with van der Waals surface area (Å²) in [6, 6.07) is 9.48. The average Bonchev–Trinajstić information content (AvgIpc) is 2.27. The maximum absolute atomic E-state index is 11.6. The molecule has 0 aliphatic carbocycles. The van der Waals surface area contributed by atoms with Crippen molar-refractivity contribution in [2.75, 3.05) is 6.54 Å². The van der Waals surface area contributed by atoms with Gasteiger partial charge in [0.2, 0.25) is 0 Å². The molecule has 0 aliphatic heterocycles. The van der Waals surface area contributed by atoms with Crippen LogP contribution in [0.3, 0.4) is 0 Å². The topological polar surface area (TPSA) is 78.3 Å². The summed E-state index contributed by atoms with van der Waals surface area (Å²) in [7, 11) is 0. The lowest BCUT2D eigenvalue weighted by molar-refractivity contribution is -0.151. The minimum Gasteiger partial charge on any atom is -0.459 e. The van der Waals surface area contributed by atoms with E-state index in [0.29, 0.717) is 13.0 Å². The summed E-state index contributed by atoms with van der Waals surface area (Å²) in [6.45, 7) is 2.25. The number of hydrogen-bond donors (Lipinski definition) is 2. The molecule has 96 valence electrons. The van der Waals surface area contributed by atoms with Crippen LogP contribution in [0, 0.1) is 0 Å². The van der Waals surface area contributed by atoms with Crippen LogP contribution in [0.2, 0.25) is 0 Å². The van der Waals surface area contributed by atoms with Gasteiger partial charge in [0, 0.05) is 0 Å². The number of esters is 1. The van der Waals surface area contributed by atoms with Gasteiger partial charge in [0.15, 0.2) is 0 Å². The molecule has 0 aliphatic rings. The van der Waals surface area contributed by atoms with E-state index in [0.717, 1.165) is 5.56 Å². The molecular weight excluding hydrogens is 240 g/mol. The molecule has 4 N–H and O–H groups in total. The number of carbonyl (C=O) groups excluding carboxylic acids is 1. The first-order valence-electron chi connectivity index (χ1n) is 5.26. The lowest BCUT2D eigenvalue weighted by atomic mass is 10.00. The van der Waals surface area contributed by atoms with E-state index < -0.39 is 11.5 Å². The molecule has 0 aromatic heterocycles. The SMILES string of the molecule is CC(N)(CCN)C(=O)OCc1ccccc1.Cl. The lowest BCUT2D eigenvalue weighted by Gasteiger charge is -2.21. The molecule has 0 saturated heterocycles. The highest BCUT2D eigenvalue weighted by Crippen LogP contribution is 2.09. The summed E-state index contributed by atoms with van der Waals surface area (Å²) in [6.07, 6.45) is 0.417. The fourth-order valence-electron chi connectivity index (χ4n) is 1.29. The molecule has 0 fully saturated rings. The van der Waals surface area contributed by atoms with Gasteiger partial charge in [-0.15, -0.1) is 12.4 Å². The number of benzene rings is 1. The number of halogens is 1. The van der Waals surface area contributed by atoms with Gasteiger partial charge in [-0.3, -0.25) is 4.79 Å². The van der Waals surface area contributed by atoms with Crippen molar-refractivity contribution >= 4 is 18.4 Å². The van der Waals surface area contributed by atoms with Crippen molar-refractivity contribution < 1.29 is 9.53 Å². The van der Waals surface area contributed by atoms with E-state index in [1.54, 1.807) is 6.92 Å². The van der Waals surface area contributed by atoms with Crippen molar-refractivity contribution in [1.29, 1.82) is 0 Å². The summed E-state index contributed by atoms with van der Waals surface area (Å²) in [5, 5.41) is 0. The molecule has 1 unspecified atom stereocenters. The minimum absolute atomic E-state index is 0. The fourth-order valence-corrected chi connectivity index (χ4v) is 1.29. The molecular formula is C12H19ClN2O2. The Morgan fingerprint density at radius 3 is 2.47 bits per heavy atom. The third-order valence-corrected chi connectivity index (χ3v) is 2.34. The summed E-state index contributed by atoms with van der Waals surface area (Å²) >= 11 is 0. The number of ether oxygens (including phenoxy) is 1. The van der Waals surface area contributed by atoms with Crippen molar-refractivity contribution in [3.05, 3.63) is 35.9 Å². The normalized spacial score (nSPS) is 13.4. The predicted octanol–water partition coefficient (Wildman–Crippen LogP) is 1.22.